The standard InChI is InChI=1S/C24H27F2N3O2S/c1-4-29-16(2)24(32(3,30)31)22(23(29)17-5-7-19(25)8-6-17)18-13-20(26)15-21(14-18)28-11-9-27-10-12-28/h5-8,13-15,27H,4,9-12H2,1-3H3. The third-order valence-corrected chi connectivity index (χ3v) is 7.17. The molecule has 2 heterocycles. The highest BCUT2D eigenvalue weighted by molar-refractivity contribution is 7.91. The van der Waals surface area contributed by atoms with E-state index in [4.69, 9.17) is 0 Å². The lowest BCUT2D eigenvalue weighted by Crippen LogP contribution is -2.43. The van der Waals surface area contributed by atoms with Crippen molar-refractivity contribution >= 4 is 15.5 Å². The molecule has 0 amide bonds. The number of benzene rings is 2. The second-order valence-electron chi connectivity index (χ2n) is 8.10. The van der Waals surface area contributed by atoms with Crippen LogP contribution < -0.4 is 10.2 Å². The van der Waals surface area contributed by atoms with E-state index in [0.29, 0.717) is 40.3 Å². The summed E-state index contributed by atoms with van der Waals surface area (Å²) in [6, 6.07) is 10.7. The van der Waals surface area contributed by atoms with Gasteiger partial charge in [-0.1, -0.05) is 0 Å². The van der Waals surface area contributed by atoms with Crippen molar-refractivity contribution in [2.45, 2.75) is 25.3 Å². The number of hydrogen-bond acceptors (Lipinski definition) is 4. The molecule has 1 aliphatic rings. The molecule has 170 valence electrons. The van der Waals surface area contributed by atoms with Gasteiger partial charge in [0.1, 0.15) is 11.6 Å². The van der Waals surface area contributed by atoms with E-state index < -0.39 is 15.7 Å². The van der Waals surface area contributed by atoms with Gasteiger partial charge in [-0.25, -0.2) is 17.2 Å². The maximum atomic E-state index is 14.8. The highest BCUT2D eigenvalue weighted by atomic mass is 32.2. The second-order valence-corrected chi connectivity index (χ2v) is 10.0. The third-order valence-electron chi connectivity index (χ3n) is 5.93. The first-order valence-corrected chi connectivity index (χ1v) is 12.6. The molecule has 1 fully saturated rings. The van der Waals surface area contributed by atoms with Gasteiger partial charge in [0.25, 0.3) is 0 Å². The van der Waals surface area contributed by atoms with E-state index in [9.17, 15) is 17.2 Å². The van der Waals surface area contributed by atoms with E-state index in [1.807, 2.05) is 17.6 Å². The Balaban J connectivity index is 2.03. The van der Waals surface area contributed by atoms with E-state index in [0.717, 1.165) is 26.2 Å². The molecule has 0 spiro atoms. The highest BCUT2D eigenvalue weighted by Gasteiger charge is 2.29. The van der Waals surface area contributed by atoms with Crippen molar-refractivity contribution in [1.82, 2.24) is 9.88 Å². The number of nitrogens with one attached hydrogen (secondary N) is 1. The van der Waals surface area contributed by atoms with Crippen LogP contribution in [0.25, 0.3) is 22.4 Å². The number of piperazine rings is 1. The Morgan fingerprint density at radius 3 is 2.22 bits per heavy atom. The van der Waals surface area contributed by atoms with Gasteiger partial charge < -0.3 is 14.8 Å². The average molecular weight is 460 g/mol. The maximum absolute atomic E-state index is 14.8. The van der Waals surface area contributed by atoms with Gasteiger partial charge in [-0.15, -0.1) is 0 Å². The molecule has 4 rings (SSSR count). The number of nitrogens with zero attached hydrogens (tertiary/aromatic N) is 2. The Hall–Kier alpha value is -2.71. The topological polar surface area (TPSA) is 54.3 Å². The van der Waals surface area contributed by atoms with Gasteiger partial charge in [-0.05, 0) is 67.4 Å². The Bertz CT molecular complexity index is 1250. The van der Waals surface area contributed by atoms with Crippen LogP contribution in [0.5, 0.6) is 0 Å². The lowest BCUT2D eigenvalue weighted by Gasteiger charge is -2.30. The Morgan fingerprint density at radius 2 is 1.62 bits per heavy atom. The van der Waals surface area contributed by atoms with Gasteiger partial charge in [-0.3, -0.25) is 0 Å². The lowest BCUT2D eigenvalue weighted by molar-refractivity contribution is 0.585. The van der Waals surface area contributed by atoms with Crippen LogP contribution in [-0.2, 0) is 16.4 Å². The van der Waals surface area contributed by atoms with Gasteiger partial charge >= 0.3 is 0 Å². The summed E-state index contributed by atoms with van der Waals surface area (Å²) in [7, 11) is -3.63. The third kappa shape index (κ3) is 4.17. The molecule has 8 heteroatoms. The van der Waals surface area contributed by atoms with Crippen molar-refractivity contribution in [3.05, 3.63) is 59.8 Å². The summed E-state index contributed by atoms with van der Waals surface area (Å²) in [6.45, 7) is 7.27. The second kappa shape index (κ2) is 8.67. The summed E-state index contributed by atoms with van der Waals surface area (Å²) in [5, 5.41) is 3.28. The smallest absolute Gasteiger partial charge is 0.177 e. The van der Waals surface area contributed by atoms with E-state index in [2.05, 4.69) is 10.2 Å². The molecule has 0 aliphatic carbocycles. The maximum Gasteiger partial charge on any atom is 0.177 e. The number of sulfone groups is 1. The summed E-state index contributed by atoms with van der Waals surface area (Å²) in [5.41, 5.74) is 3.56. The van der Waals surface area contributed by atoms with E-state index in [1.54, 1.807) is 19.1 Å². The SMILES string of the molecule is CCn1c(C)c(S(C)(=O)=O)c(-c2cc(F)cc(N3CCNCC3)c2)c1-c1ccc(F)cc1. The molecule has 2 aromatic carbocycles. The minimum absolute atomic E-state index is 0.176. The molecular weight excluding hydrogens is 432 g/mol. The quantitative estimate of drug-likeness (QED) is 0.620. The zero-order valence-corrected chi connectivity index (χ0v) is 19.3. The molecule has 32 heavy (non-hydrogen) atoms. The van der Waals surface area contributed by atoms with Crippen LogP contribution in [0.3, 0.4) is 0 Å². The van der Waals surface area contributed by atoms with Crippen molar-refractivity contribution in [1.29, 1.82) is 0 Å². The van der Waals surface area contributed by atoms with Crippen LogP contribution in [0.4, 0.5) is 14.5 Å². The number of aromatic nitrogens is 1. The van der Waals surface area contributed by atoms with Crippen LogP contribution in [0.1, 0.15) is 12.6 Å². The van der Waals surface area contributed by atoms with Gasteiger partial charge in [0.15, 0.2) is 9.84 Å². The lowest BCUT2D eigenvalue weighted by atomic mass is 10.00. The fourth-order valence-electron chi connectivity index (χ4n) is 4.56. The molecule has 0 atom stereocenters. The first-order chi connectivity index (χ1) is 15.2. The Kier molecular flexibility index (Phi) is 6.09. The van der Waals surface area contributed by atoms with Gasteiger partial charge in [0, 0.05) is 55.9 Å². The predicted octanol–water partition coefficient (Wildman–Crippen LogP) is 4.24. The molecule has 0 saturated carbocycles. The summed E-state index contributed by atoms with van der Waals surface area (Å²) >= 11 is 0. The fourth-order valence-corrected chi connectivity index (χ4v) is 5.79. The zero-order valence-electron chi connectivity index (χ0n) is 18.5. The molecule has 3 aromatic rings. The zero-order chi connectivity index (χ0) is 23.0. The van der Waals surface area contributed by atoms with Crippen molar-refractivity contribution < 1.29 is 17.2 Å². The van der Waals surface area contributed by atoms with E-state index >= 15 is 0 Å². The first kappa shape index (κ1) is 22.5. The molecule has 1 N–H and O–H groups in total. The fraction of sp³-hybridized carbons (Fsp3) is 0.333. The van der Waals surface area contributed by atoms with Crippen molar-refractivity contribution in [2.75, 3.05) is 37.3 Å². The molecule has 0 unspecified atom stereocenters. The Morgan fingerprint density at radius 1 is 0.969 bits per heavy atom. The van der Waals surface area contributed by atoms with Crippen LogP contribution in [0.2, 0.25) is 0 Å². The van der Waals surface area contributed by atoms with Gasteiger partial charge in [-0.2, -0.15) is 0 Å². The summed E-state index contributed by atoms with van der Waals surface area (Å²) in [4.78, 5) is 2.26. The van der Waals surface area contributed by atoms with Crippen LogP contribution in [-0.4, -0.2) is 45.4 Å². The average Bonchev–Trinajstić information content (AvgIpc) is 3.07. The molecule has 5 nitrogen and oxygen atoms in total. The van der Waals surface area contributed by atoms with Gasteiger partial charge in [0.2, 0.25) is 0 Å². The van der Waals surface area contributed by atoms with Crippen LogP contribution in [0.15, 0.2) is 47.4 Å². The number of hydrogen-bond donors (Lipinski definition) is 1. The van der Waals surface area contributed by atoms with Gasteiger partial charge in [0.05, 0.1) is 10.6 Å². The molecule has 1 saturated heterocycles. The molecule has 1 aromatic heterocycles. The summed E-state index contributed by atoms with van der Waals surface area (Å²) in [5.74, 6) is -0.806. The molecular formula is C24H27F2N3O2S. The number of rotatable bonds is 5. The first-order valence-electron chi connectivity index (χ1n) is 10.7. The Labute approximate surface area is 187 Å². The van der Waals surface area contributed by atoms with E-state index in [1.165, 1.54) is 30.5 Å². The van der Waals surface area contributed by atoms with Crippen LogP contribution in [0, 0.1) is 18.6 Å². The highest BCUT2D eigenvalue weighted by Crippen LogP contribution is 2.43. The van der Waals surface area contributed by atoms with Crippen molar-refractivity contribution in [2.24, 2.45) is 0 Å². The molecule has 0 radical (unpaired) electrons. The number of halogens is 2. The minimum atomic E-state index is -3.63. The van der Waals surface area contributed by atoms with Crippen molar-refractivity contribution in [3.8, 4) is 22.4 Å². The normalized spacial score (nSPS) is 14.7. The van der Waals surface area contributed by atoms with Crippen LogP contribution >= 0.6 is 0 Å². The summed E-state index contributed by atoms with van der Waals surface area (Å²) in [6.07, 6.45) is 1.17. The molecule has 0 bridgehead atoms. The van der Waals surface area contributed by atoms with Crippen molar-refractivity contribution in [3.63, 3.8) is 0 Å². The van der Waals surface area contributed by atoms with E-state index in [-0.39, 0.29) is 10.7 Å². The predicted molar refractivity (Wildman–Crippen MR) is 124 cm³/mol. The summed E-state index contributed by atoms with van der Waals surface area (Å²) < 4.78 is 56.2. The molecule has 1 aliphatic heterocycles. The minimum Gasteiger partial charge on any atom is -0.369 e. The number of anilines is 1. The monoisotopic (exact) mass is 459 g/mol. The largest absolute Gasteiger partial charge is 0.369 e.